The number of carbonyl (C=O) groups excluding carboxylic acids is 2. The summed E-state index contributed by atoms with van der Waals surface area (Å²) in [6, 6.07) is 9.26. The molecule has 0 saturated carbocycles. The van der Waals surface area contributed by atoms with Crippen molar-refractivity contribution < 1.29 is 23.5 Å². The van der Waals surface area contributed by atoms with Crippen LogP contribution in [0.4, 0.5) is 4.39 Å². The van der Waals surface area contributed by atoms with Gasteiger partial charge in [-0.2, -0.15) is 0 Å². The van der Waals surface area contributed by atoms with Crippen LogP contribution in [0.2, 0.25) is 5.02 Å². The number of rotatable bonds is 6. The molecule has 28 heavy (non-hydrogen) atoms. The zero-order valence-electron chi connectivity index (χ0n) is 15.5. The number of amides is 1. The summed E-state index contributed by atoms with van der Waals surface area (Å²) in [5.41, 5.74) is 1.06. The number of hydrogen-bond acceptors (Lipinski definition) is 4. The van der Waals surface area contributed by atoms with Gasteiger partial charge in [-0.15, -0.1) is 0 Å². The molecule has 7 heteroatoms. The summed E-state index contributed by atoms with van der Waals surface area (Å²) in [6.07, 6.45) is 1.88. The highest BCUT2D eigenvalue weighted by Crippen LogP contribution is 2.34. The van der Waals surface area contributed by atoms with Gasteiger partial charge >= 0.3 is 5.97 Å². The number of nitrogens with zero attached hydrogens (tertiary/aromatic N) is 1. The molecule has 0 aromatic heterocycles. The second kappa shape index (κ2) is 9.06. The Bertz CT molecular complexity index is 881. The standard InChI is InChI=1S/C21H21ClFNO4/c1-2-27-20(25)13-28-19-8-6-15(22)12-17(19)14-5-7-16(18(23)11-14)21(26)24-9-3-4-10-24/h5-8,11-12H,2-4,9-10,13H2,1H3. The molecule has 0 radical (unpaired) electrons. The van der Waals surface area contributed by atoms with Gasteiger partial charge in [0.15, 0.2) is 6.61 Å². The quantitative estimate of drug-likeness (QED) is 0.671. The van der Waals surface area contributed by atoms with Crippen molar-refractivity contribution in [3.05, 3.63) is 52.8 Å². The van der Waals surface area contributed by atoms with Gasteiger partial charge in [0.2, 0.25) is 0 Å². The van der Waals surface area contributed by atoms with Crippen LogP contribution in [0.5, 0.6) is 5.75 Å². The highest BCUT2D eigenvalue weighted by molar-refractivity contribution is 6.31. The van der Waals surface area contributed by atoms with Crippen LogP contribution in [0.25, 0.3) is 11.1 Å². The fraction of sp³-hybridized carbons (Fsp3) is 0.333. The van der Waals surface area contributed by atoms with Crippen LogP contribution in [0.3, 0.4) is 0 Å². The first kappa shape index (κ1) is 20.1. The molecule has 2 aromatic rings. The Kier molecular flexibility index (Phi) is 6.52. The Balaban J connectivity index is 1.86. The van der Waals surface area contributed by atoms with E-state index in [1.807, 2.05) is 0 Å². The van der Waals surface area contributed by atoms with Crippen LogP contribution in [-0.4, -0.2) is 43.1 Å². The van der Waals surface area contributed by atoms with Crippen molar-refractivity contribution in [1.82, 2.24) is 4.90 Å². The van der Waals surface area contributed by atoms with Gasteiger partial charge in [-0.1, -0.05) is 17.7 Å². The summed E-state index contributed by atoms with van der Waals surface area (Å²) in [5, 5.41) is 0.441. The zero-order chi connectivity index (χ0) is 20.1. The van der Waals surface area contributed by atoms with Gasteiger partial charge in [-0.3, -0.25) is 4.79 Å². The molecule has 1 heterocycles. The van der Waals surface area contributed by atoms with Crippen LogP contribution in [-0.2, 0) is 9.53 Å². The van der Waals surface area contributed by atoms with E-state index in [4.69, 9.17) is 21.1 Å². The maximum atomic E-state index is 14.7. The first-order valence-electron chi connectivity index (χ1n) is 9.16. The van der Waals surface area contributed by atoms with E-state index < -0.39 is 11.8 Å². The number of carbonyl (C=O) groups is 2. The smallest absolute Gasteiger partial charge is 0.344 e. The normalized spacial score (nSPS) is 13.5. The second-order valence-electron chi connectivity index (χ2n) is 6.43. The van der Waals surface area contributed by atoms with E-state index in [1.165, 1.54) is 12.1 Å². The molecule has 148 valence electrons. The lowest BCUT2D eigenvalue weighted by molar-refractivity contribution is -0.145. The van der Waals surface area contributed by atoms with Gasteiger partial charge in [0, 0.05) is 23.7 Å². The van der Waals surface area contributed by atoms with Crippen LogP contribution >= 0.6 is 11.6 Å². The van der Waals surface area contributed by atoms with Gasteiger partial charge < -0.3 is 14.4 Å². The second-order valence-corrected chi connectivity index (χ2v) is 6.86. The molecule has 1 fully saturated rings. The molecule has 0 aliphatic carbocycles. The summed E-state index contributed by atoms with van der Waals surface area (Å²) >= 11 is 6.09. The lowest BCUT2D eigenvalue weighted by Gasteiger charge is -2.16. The third kappa shape index (κ3) is 4.62. The SMILES string of the molecule is CCOC(=O)COc1ccc(Cl)cc1-c1ccc(C(=O)N2CCCC2)c(F)c1. The fourth-order valence-electron chi connectivity index (χ4n) is 3.14. The van der Waals surface area contributed by atoms with Crippen LogP contribution in [0.15, 0.2) is 36.4 Å². The van der Waals surface area contributed by atoms with Gasteiger partial charge in [0.25, 0.3) is 5.91 Å². The summed E-state index contributed by atoms with van der Waals surface area (Å²) in [5.74, 6) is -1.03. The summed E-state index contributed by atoms with van der Waals surface area (Å²) < 4.78 is 25.1. The topological polar surface area (TPSA) is 55.8 Å². The molecule has 0 spiro atoms. The van der Waals surface area contributed by atoms with Crippen molar-refractivity contribution in [2.24, 2.45) is 0 Å². The summed E-state index contributed by atoms with van der Waals surface area (Å²) in [4.78, 5) is 25.7. The lowest BCUT2D eigenvalue weighted by atomic mass is 10.0. The highest BCUT2D eigenvalue weighted by atomic mass is 35.5. The predicted molar refractivity (Wildman–Crippen MR) is 104 cm³/mol. The predicted octanol–water partition coefficient (Wildman–Crippen LogP) is 4.32. The minimum Gasteiger partial charge on any atom is -0.481 e. The van der Waals surface area contributed by atoms with E-state index in [1.54, 1.807) is 36.1 Å². The Morgan fingerprint density at radius 3 is 2.57 bits per heavy atom. The minimum absolute atomic E-state index is 0.0432. The van der Waals surface area contributed by atoms with Crippen molar-refractivity contribution in [2.45, 2.75) is 19.8 Å². The van der Waals surface area contributed by atoms with Crippen molar-refractivity contribution in [3.63, 3.8) is 0 Å². The number of esters is 1. The third-order valence-corrected chi connectivity index (χ3v) is 4.73. The average molecular weight is 406 g/mol. The lowest BCUT2D eigenvalue weighted by Crippen LogP contribution is -2.28. The molecule has 1 saturated heterocycles. The van der Waals surface area contributed by atoms with Crippen molar-refractivity contribution in [1.29, 1.82) is 0 Å². The molecular weight excluding hydrogens is 385 g/mol. The molecular formula is C21H21ClFNO4. The Hall–Kier alpha value is -2.60. The maximum absolute atomic E-state index is 14.7. The first-order valence-corrected chi connectivity index (χ1v) is 9.54. The largest absolute Gasteiger partial charge is 0.481 e. The number of hydrogen-bond donors (Lipinski definition) is 0. The molecule has 1 amide bonds. The number of likely N-dealkylation sites (tertiary alicyclic amines) is 1. The van der Waals surface area contributed by atoms with E-state index in [0.717, 1.165) is 12.8 Å². The number of benzene rings is 2. The first-order chi connectivity index (χ1) is 13.5. The Morgan fingerprint density at radius 2 is 1.89 bits per heavy atom. The molecule has 0 N–H and O–H groups in total. The molecule has 5 nitrogen and oxygen atoms in total. The van der Waals surface area contributed by atoms with Gasteiger partial charge in [0.1, 0.15) is 11.6 Å². The van der Waals surface area contributed by atoms with E-state index in [-0.39, 0.29) is 24.7 Å². The minimum atomic E-state index is -0.606. The van der Waals surface area contributed by atoms with Crippen LogP contribution in [0, 0.1) is 5.82 Å². The maximum Gasteiger partial charge on any atom is 0.344 e. The van der Waals surface area contributed by atoms with E-state index in [9.17, 15) is 14.0 Å². The van der Waals surface area contributed by atoms with Gasteiger partial charge in [-0.25, -0.2) is 9.18 Å². The summed E-state index contributed by atoms with van der Waals surface area (Å²) in [6.45, 7) is 3.00. The number of halogens is 2. The Labute approximate surface area is 168 Å². The van der Waals surface area contributed by atoms with Gasteiger partial charge in [-0.05, 0) is 55.7 Å². The average Bonchev–Trinajstić information content (AvgIpc) is 3.21. The molecule has 1 aliphatic rings. The number of ether oxygens (including phenoxy) is 2. The van der Waals surface area contributed by atoms with Crippen LogP contribution in [0.1, 0.15) is 30.1 Å². The monoisotopic (exact) mass is 405 g/mol. The van der Waals surface area contributed by atoms with Gasteiger partial charge in [0.05, 0.1) is 12.2 Å². The van der Waals surface area contributed by atoms with E-state index >= 15 is 0 Å². The molecule has 1 aliphatic heterocycles. The van der Waals surface area contributed by atoms with Crippen molar-refractivity contribution >= 4 is 23.5 Å². The third-order valence-electron chi connectivity index (χ3n) is 4.50. The fourth-order valence-corrected chi connectivity index (χ4v) is 3.31. The van der Waals surface area contributed by atoms with Crippen molar-refractivity contribution in [2.75, 3.05) is 26.3 Å². The summed E-state index contributed by atoms with van der Waals surface area (Å²) in [7, 11) is 0. The molecule has 2 aromatic carbocycles. The Morgan fingerprint density at radius 1 is 1.14 bits per heavy atom. The van der Waals surface area contributed by atoms with Crippen molar-refractivity contribution in [3.8, 4) is 16.9 Å². The van der Waals surface area contributed by atoms with Crippen LogP contribution < -0.4 is 4.74 Å². The molecule has 0 unspecified atom stereocenters. The highest BCUT2D eigenvalue weighted by Gasteiger charge is 2.23. The van der Waals surface area contributed by atoms with E-state index in [2.05, 4.69) is 0 Å². The molecule has 3 rings (SSSR count). The zero-order valence-corrected chi connectivity index (χ0v) is 16.3. The molecule has 0 bridgehead atoms. The molecule has 0 atom stereocenters. The van der Waals surface area contributed by atoms with E-state index in [0.29, 0.717) is 35.0 Å².